The molecule has 4 heteroatoms. The Morgan fingerprint density at radius 1 is 1.11 bits per heavy atom. The Hall–Kier alpha value is -1.55. The first-order valence-electron chi connectivity index (χ1n) is 6.21. The molecule has 1 aliphatic rings. The molecule has 1 aromatic heterocycles. The number of Topliss-reactive ketones (excluding diaryl/α,β-unsaturated/α-hetero) is 2. The number of pyridine rings is 1. The Bertz CT molecular complexity index is 665. The quantitative estimate of drug-likeness (QED) is 0.757. The number of ketones is 2. The zero-order chi connectivity index (χ0) is 13.4. The molecule has 3 nitrogen and oxygen atoms in total. The number of nitrogens with zero attached hydrogens (tertiary/aromatic N) is 1. The van der Waals surface area contributed by atoms with Gasteiger partial charge >= 0.3 is 0 Å². The zero-order valence-electron chi connectivity index (χ0n) is 10.2. The van der Waals surface area contributed by atoms with Crippen molar-refractivity contribution >= 4 is 38.4 Å². The number of hydrogen-bond donors (Lipinski definition) is 0. The summed E-state index contributed by atoms with van der Waals surface area (Å²) in [4.78, 5) is 27.6. The predicted molar refractivity (Wildman–Crippen MR) is 76.0 cm³/mol. The van der Waals surface area contributed by atoms with E-state index in [-0.39, 0.29) is 23.9 Å². The summed E-state index contributed by atoms with van der Waals surface area (Å²) in [6.07, 6.45) is 2.72. The molecular weight excluding hydrogens is 306 g/mol. The van der Waals surface area contributed by atoms with Crippen LogP contribution in [0.5, 0.6) is 0 Å². The van der Waals surface area contributed by atoms with Gasteiger partial charge in [-0.2, -0.15) is 0 Å². The maximum absolute atomic E-state index is 11.6. The molecule has 19 heavy (non-hydrogen) atoms. The second kappa shape index (κ2) is 4.85. The molecule has 3 rings (SSSR count). The van der Waals surface area contributed by atoms with Crippen molar-refractivity contribution in [3.05, 3.63) is 40.5 Å². The third-order valence-electron chi connectivity index (χ3n) is 3.53. The highest BCUT2D eigenvalue weighted by Crippen LogP contribution is 2.35. The normalized spacial score (nSPS) is 17.1. The van der Waals surface area contributed by atoms with Gasteiger partial charge in [0.2, 0.25) is 0 Å². The summed E-state index contributed by atoms with van der Waals surface area (Å²) in [6, 6.07) is 7.80. The fraction of sp³-hybridized carbons (Fsp3) is 0.267. The molecule has 1 fully saturated rings. The molecule has 1 heterocycles. The van der Waals surface area contributed by atoms with Gasteiger partial charge in [-0.15, -0.1) is 0 Å². The van der Waals surface area contributed by atoms with Crippen LogP contribution < -0.4 is 0 Å². The van der Waals surface area contributed by atoms with E-state index in [1.807, 2.05) is 24.3 Å². The highest BCUT2D eigenvalue weighted by molar-refractivity contribution is 9.10. The van der Waals surface area contributed by atoms with Crippen LogP contribution in [0.2, 0.25) is 0 Å². The van der Waals surface area contributed by atoms with Crippen LogP contribution in [0.25, 0.3) is 10.9 Å². The lowest BCUT2D eigenvalue weighted by Gasteiger charge is -2.21. The smallest absolute Gasteiger partial charge is 0.140 e. The molecule has 1 saturated carbocycles. The van der Waals surface area contributed by atoms with Gasteiger partial charge in [-0.25, -0.2) is 0 Å². The minimum absolute atomic E-state index is 0.0285. The molecule has 0 unspecified atom stereocenters. The van der Waals surface area contributed by atoms with Crippen LogP contribution in [0, 0.1) is 0 Å². The molecule has 0 bridgehead atoms. The maximum atomic E-state index is 11.6. The molecule has 0 saturated heterocycles. The van der Waals surface area contributed by atoms with Crippen LogP contribution in [0.1, 0.15) is 30.7 Å². The maximum Gasteiger partial charge on any atom is 0.140 e. The Kier molecular flexibility index (Phi) is 3.19. The van der Waals surface area contributed by atoms with Gasteiger partial charge in [-0.1, -0.05) is 28.1 Å². The SMILES string of the molecule is O=C1CC(=O)CC(c2ccc(Br)c3cccnc23)C1. The van der Waals surface area contributed by atoms with E-state index in [0.717, 1.165) is 20.9 Å². The van der Waals surface area contributed by atoms with Crippen molar-refractivity contribution in [2.45, 2.75) is 25.2 Å². The van der Waals surface area contributed by atoms with Crippen molar-refractivity contribution in [3.63, 3.8) is 0 Å². The topological polar surface area (TPSA) is 47.0 Å². The summed E-state index contributed by atoms with van der Waals surface area (Å²) >= 11 is 3.50. The summed E-state index contributed by atoms with van der Waals surface area (Å²) in [7, 11) is 0. The van der Waals surface area contributed by atoms with Gasteiger partial charge in [-0.05, 0) is 23.6 Å². The Morgan fingerprint density at radius 2 is 1.84 bits per heavy atom. The summed E-state index contributed by atoms with van der Waals surface area (Å²) in [5, 5.41) is 1.02. The molecule has 0 aliphatic heterocycles. The van der Waals surface area contributed by atoms with Crippen molar-refractivity contribution in [2.75, 3.05) is 0 Å². The average molecular weight is 318 g/mol. The molecule has 1 aliphatic carbocycles. The number of halogens is 1. The molecule has 0 amide bonds. The lowest BCUT2D eigenvalue weighted by molar-refractivity contribution is -0.130. The highest BCUT2D eigenvalue weighted by atomic mass is 79.9. The van der Waals surface area contributed by atoms with Crippen LogP contribution in [-0.4, -0.2) is 16.6 Å². The number of aromatic nitrogens is 1. The second-order valence-corrected chi connectivity index (χ2v) is 5.75. The van der Waals surface area contributed by atoms with Gasteiger partial charge in [0, 0.05) is 28.9 Å². The molecule has 0 spiro atoms. The first-order valence-corrected chi connectivity index (χ1v) is 7.01. The third kappa shape index (κ3) is 2.32. The van der Waals surface area contributed by atoms with Gasteiger partial charge < -0.3 is 0 Å². The van der Waals surface area contributed by atoms with Crippen LogP contribution >= 0.6 is 15.9 Å². The summed E-state index contributed by atoms with van der Waals surface area (Å²) in [6.45, 7) is 0. The monoisotopic (exact) mass is 317 g/mol. The van der Waals surface area contributed by atoms with E-state index in [9.17, 15) is 9.59 Å². The van der Waals surface area contributed by atoms with Gasteiger partial charge in [0.1, 0.15) is 11.6 Å². The van der Waals surface area contributed by atoms with Gasteiger partial charge in [0.15, 0.2) is 0 Å². The van der Waals surface area contributed by atoms with Gasteiger partial charge in [0.25, 0.3) is 0 Å². The fourth-order valence-corrected chi connectivity index (χ4v) is 3.15. The first kappa shape index (κ1) is 12.5. The minimum atomic E-state index is -0.0285. The van der Waals surface area contributed by atoms with Crippen molar-refractivity contribution in [3.8, 4) is 0 Å². The number of benzene rings is 1. The molecular formula is C15H12BrNO2. The van der Waals surface area contributed by atoms with Crippen LogP contribution in [0.3, 0.4) is 0 Å². The molecule has 2 aromatic rings. The molecule has 0 radical (unpaired) electrons. The van der Waals surface area contributed by atoms with Crippen LogP contribution in [-0.2, 0) is 9.59 Å². The zero-order valence-corrected chi connectivity index (χ0v) is 11.8. The van der Waals surface area contributed by atoms with E-state index in [1.54, 1.807) is 6.20 Å². The van der Waals surface area contributed by atoms with E-state index >= 15 is 0 Å². The number of carbonyl (C=O) groups is 2. The van der Waals surface area contributed by atoms with E-state index in [1.165, 1.54) is 0 Å². The fourth-order valence-electron chi connectivity index (χ4n) is 2.70. The Labute approximate surface area is 119 Å². The van der Waals surface area contributed by atoms with Crippen LogP contribution in [0.4, 0.5) is 0 Å². The standard InChI is InChI=1S/C15H12BrNO2/c16-14-4-3-12(15-13(14)2-1-5-17-15)9-6-10(18)8-11(19)7-9/h1-5,9H,6-8H2. The summed E-state index contributed by atoms with van der Waals surface area (Å²) in [5.74, 6) is 0.0424. The van der Waals surface area contributed by atoms with E-state index in [2.05, 4.69) is 20.9 Å². The highest BCUT2D eigenvalue weighted by Gasteiger charge is 2.28. The number of hydrogen-bond acceptors (Lipinski definition) is 3. The van der Waals surface area contributed by atoms with Crippen molar-refractivity contribution < 1.29 is 9.59 Å². The number of fused-ring (bicyclic) bond motifs is 1. The lowest BCUT2D eigenvalue weighted by Crippen LogP contribution is -2.21. The van der Waals surface area contributed by atoms with Crippen LogP contribution in [0.15, 0.2) is 34.9 Å². The van der Waals surface area contributed by atoms with Gasteiger partial charge in [-0.3, -0.25) is 14.6 Å². The molecule has 96 valence electrons. The lowest BCUT2D eigenvalue weighted by atomic mass is 9.82. The molecule has 0 N–H and O–H groups in total. The molecule has 0 atom stereocenters. The Morgan fingerprint density at radius 3 is 2.58 bits per heavy atom. The minimum Gasteiger partial charge on any atom is -0.299 e. The van der Waals surface area contributed by atoms with E-state index in [4.69, 9.17) is 0 Å². The average Bonchev–Trinajstić information content (AvgIpc) is 2.38. The Balaban J connectivity index is 2.12. The number of carbonyl (C=O) groups excluding carboxylic acids is 2. The first-order chi connectivity index (χ1) is 9.15. The number of rotatable bonds is 1. The summed E-state index contributed by atoms with van der Waals surface area (Å²) < 4.78 is 0.979. The van der Waals surface area contributed by atoms with E-state index < -0.39 is 0 Å². The van der Waals surface area contributed by atoms with E-state index in [0.29, 0.717) is 12.8 Å². The van der Waals surface area contributed by atoms with Gasteiger partial charge in [0.05, 0.1) is 11.9 Å². The third-order valence-corrected chi connectivity index (χ3v) is 4.22. The second-order valence-electron chi connectivity index (χ2n) is 4.90. The van der Waals surface area contributed by atoms with Crippen molar-refractivity contribution in [2.24, 2.45) is 0 Å². The summed E-state index contributed by atoms with van der Waals surface area (Å²) in [5.41, 5.74) is 1.88. The largest absolute Gasteiger partial charge is 0.299 e. The molecule has 1 aromatic carbocycles. The van der Waals surface area contributed by atoms with Crippen molar-refractivity contribution in [1.82, 2.24) is 4.98 Å². The predicted octanol–water partition coefficient (Wildman–Crippen LogP) is 3.40. The van der Waals surface area contributed by atoms with Crippen molar-refractivity contribution in [1.29, 1.82) is 0 Å².